The van der Waals surface area contributed by atoms with E-state index in [4.69, 9.17) is 11.6 Å². The molecule has 2 rings (SSSR count). The third-order valence-electron chi connectivity index (χ3n) is 2.84. The number of nitrogens with one attached hydrogen (secondary N) is 2. The first-order valence-electron chi connectivity index (χ1n) is 5.71. The van der Waals surface area contributed by atoms with Crippen molar-refractivity contribution in [1.82, 2.24) is 10.2 Å². The molecule has 0 bridgehead atoms. The number of halogens is 1. The van der Waals surface area contributed by atoms with Crippen LogP contribution in [-0.4, -0.2) is 36.6 Å². The van der Waals surface area contributed by atoms with Gasteiger partial charge in [0.1, 0.15) is 0 Å². The van der Waals surface area contributed by atoms with Gasteiger partial charge in [0.15, 0.2) is 0 Å². The van der Waals surface area contributed by atoms with Crippen molar-refractivity contribution in [3.05, 3.63) is 29.3 Å². The van der Waals surface area contributed by atoms with Gasteiger partial charge in [0.25, 0.3) is 0 Å². The highest BCUT2D eigenvalue weighted by Gasteiger charge is 2.22. The van der Waals surface area contributed by atoms with Crippen LogP contribution in [-0.2, 0) is 0 Å². The molecule has 0 unspecified atom stereocenters. The van der Waals surface area contributed by atoms with E-state index >= 15 is 0 Å². The normalized spacial score (nSPS) is 20.1. The molecule has 1 aromatic carbocycles. The highest BCUT2D eigenvalue weighted by atomic mass is 35.5. The molecule has 1 aliphatic heterocycles. The van der Waals surface area contributed by atoms with Gasteiger partial charge in [-0.2, -0.15) is 0 Å². The second kappa shape index (κ2) is 5.38. The minimum absolute atomic E-state index is 0.0683. The van der Waals surface area contributed by atoms with Crippen LogP contribution >= 0.6 is 11.6 Å². The second-order valence-electron chi connectivity index (χ2n) is 4.19. The number of hydrogen-bond acceptors (Lipinski definition) is 2. The maximum Gasteiger partial charge on any atom is 0.322 e. The van der Waals surface area contributed by atoms with Gasteiger partial charge in [-0.3, -0.25) is 0 Å². The molecule has 0 aliphatic carbocycles. The van der Waals surface area contributed by atoms with E-state index < -0.39 is 0 Å². The Kier molecular flexibility index (Phi) is 3.86. The smallest absolute Gasteiger partial charge is 0.319 e. The van der Waals surface area contributed by atoms with Gasteiger partial charge >= 0.3 is 6.03 Å². The van der Waals surface area contributed by atoms with Crippen molar-refractivity contribution in [3.8, 4) is 0 Å². The number of amides is 2. The van der Waals surface area contributed by atoms with Gasteiger partial charge in [0.05, 0.1) is 0 Å². The van der Waals surface area contributed by atoms with E-state index in [2.05, 4.69) is 10.6 Å². The summed E-state index contributed by atoms with van der Waals surface area (Å²) >= 11 is 5.87. The van der Waals surface area contributed by atoms with Crippen molar-refractivity contribution in [2.45, 2.75) is 13.0 Å². The van der Waals surface area contributed by atoms with Gasteiger partial charge in [-0.15, -0.1) is 0 Å². The van der Waals surface area contributed by atoms with Crippen molar-refractivity contribution in [2.75, 3.05) is 25.0 Å². The zero-order valence-corrected chi connectivity index (χ0v) is 10.5. The number of anilines is 1. The molecule has 17 heavy (non-hydrogen) atoms. The summed E-state index contributed by atoms with van der Waals surface area (Å²) in [6.45, 7) is 4.44. The molecular weight excluding hydrogens is 238 g/mol. The fourth-order valence-electron chi connectivity index (χ4n) is 1.90. The molecule has 1 saturated heterocycles. The van der Waals surface area contributed by atoms with E-state index in [1.165, 1.54) is 0 Å². The van der Waals surface area contributed by atoms with Gasteiger partial charge in [-0.1, -0.05) is 17.7 Å². The van der Waals surface area contributed by atoms with E-state index in [1.807, 2.05) is 24.0 Å². The summed E-state index contributed by atoms with van der Waals surface area (Å²) in [7, 11) is 0. The van der Waals surface area contributed by atoms with Crippen LogP contribution in [0.4, 0.5) is 10.5 Å². The molecule has 1 fully saturated rings. The molecule has 2 amide bonds. The topological polar surface area (TPSA) is 44.4 Å². The Morgan fingerprint density at radius 2 is 2.41 bits per heavy atom. The summed E-state index contributed by atoms with van der Waals surface area (Å²) in [6, 6.07) is 7.32. The summed E-state index contributed by atoms with van der Waals surface area (Å²) in [5, 5.41) is 6.73. The molecule has 92 valence electrons. The van der Waals surface area contributed by atoms with Crippen LogP contribution in [0.3, 0.4) is 0 Å². The van der Waals surface area contributed by atoms with Gasteiger partial charge in [0, 0.05) is 36.4 Å². The monoisotopic (exact) mass is 253 g/mol. The van der Waals surface area contributed by atoms with Gasteiger partial charge in [-0.25, -0.2) is 4.79 Å². The Hall–Kier alpha value is -1.26. The highest BCUT2D eigenvalue weighted by Crippen LogP contribution is 2.16. The van der Waals surface area contributed by atoms with E-state index in [0.29, 0.717) is 5.02 Å². The zero-order valence-electron chi connectivity index (χ0n) is 9.74. The average Bonchev–Trinajstić information content (AvgIpc) is 2.29. The largest absolute Gasteiger partial charge is 0.322 e. The predicted octanol–water partition coefficient (Wildman–Crippen LogP) is 2.17. The SMILES string of the molecule is C[C@H]1CNCCN1C(=O)Nc1cccc(Cl)c1. The number of hydrogen-bond donors (Lipinski definition) is 2. The Balaban J connectivity index is 2.01. The van der Waals surface area contributed by atoms with Crippen LogP contribution in [0.15, 0.2) is 24.3 Å². The molecule has 1 atom stereocenters. The standard InChI is InChI=1S/C12H16ClN3O/c1-9-8-14-5-6-16(9)12(17)15-11-4-2-3-10(13)7-11/h2-4,7,9,14H,5-6,8H2,1H3,(H,15,17)/t9-/m0/s1. The molecule has 0 radical (unpaired) electrons. The maximum atomic E-state index is 12.0. The molecule has 2 N–H and O–H groups in total. The zero-order chi connectivity index (χ0) is 12.3. The molecule has 5 heteroatoms. The molecule has 0 aromatic heterocycles. The number of nitrogens with zero attached hydrogens (tertiary/aromatic N) is 1. The second-order valence-corrected chi connectivity index (χ2v) is 4.62. The molecular formula is C12H16ClN3O. The first-order valence-corrected chi connectivity index (χ1v) is 6.08. The van der Waals surface area contributed by atoms with Crippen molar-refractivity contribution in [1.29, 1.82) is 0 Å². The van der Waals surface area contributed by atoms with Gasteiger partial charge in [0.2, 0.25) is 0 Å². The third-order valence-corrected chi connectivity index (χ3v) is 3.07. The first-order chi connectivity index (χ1) is 8.16. The molecule has 1 heterocycles. The lowest BCUT2D eigenvalue weighted by molar-refractivity contribution is 0.177. The Morgan fingerprint density at radius 1 is 1.59 bits per heavy atom. The van der Waals surface area contributed by atoms with Crippen LogP contribution in [0.1, 0.15) is 6.92 Å². The van der Waals surface area contributed by atoms with E-state index in [0.717, 1.165) is 25.3 Å². The number of benzene rings is 1. The van der Waals surface area contributed by atoms with Crippen LogP contribution in [0.5, 0.6) is 0 Å². The van der Waals surface area contributed by atoms with Crippen molar-refractivity contribution >= 4 is 23.3 Å². The summed E-state index contributed by atoms with van der Waals surface area (Å²) < 4.78 is 0. The number of piperazine rings is 1. The van der Waals surface area contributed by atoms with Crippen LogP contribution in [0.2, 0.25) is 5.02 Å². The maximum absolute atomic E-state index is 12.0. The molecule has 1 aromatic rings. The van der Waals surface area contributed by atoms with Crippen LogP contribution in [0.25, 0.3) is 0 Å². The third kappa shape index (κ3) is 3.11. The lowest BCUT2D eigenvalue weighted by Crippen LogP contribution is -2.53. The van der Waals surface area contributed by atoms with E-state index in [9.17, 15) is 4.79 Å². The lowest BCUT2D eigenvalue weighted by atomic mass is 10.2. The minimum atomic E-state index is -0.0683. The molecule has 1 aliphatic rings. The van der Waals surface area contributed by atoms with E-state index in [-0.39, 0.29) is 12.1 Å². The fourth-order valence-corrected chi connectivity index (χ4v) is 2.09. The molecule has 0 spiro atoms. The molecule has 4 nitrogen and oxygen atoms in total. The van der Waals surface area contributed by atoms with Crippen LogP contribution in [0, 0.1) is 0 Å². The van der Waals surface area contributed by atoms with E-state index in [1.54, 1.807) is 12.1 Å². The van der Waals surface area contributed by atoms with Gasteiger partial charge in [-0.05, 0) is 25.1 Å². The predicted molar refractivity (Wildman–Crippen MR) is 69.5 cm³/mol. The van der Waals surface area contributed by atoms with Crippen molar-refractivity contribution in [2.24, 2.45) is 0 Å². The van der Waals surface area contributed by atoms with Gasteiger partial charge < -0.3 is 15.5 Å². The number of carbonyl (C=O) groups excluding carboxylic acids is 1. The average molecular weight is 254 g/mol. The summed E-state index contributed by atoms with van der Waals surface area (Å²) in [6.07, 6.45) is 0. The Labute approximate surface area is 106 Å². The quantitative estimate of drug-likeness (QED) is 0.806. The minimum Gasteiger partial charge on any atom is -0.319 e. The number of urea groups is 1. The summed E-state index contributed by atoms with van der Waals surface area (Å²) in [5.74, 6) is 0. The van der Waals surface area contributed by atoms with Crippen molar-refractivity contribution in [3.63, 3.8) is 0 Å². The Bertz CT molecular complexity index is 410. The summed E-state index contributed by atoms with van der Waals surface area (Å²) in [4.78, 5) is 13.9. The van der Waals surface area contributed by atoms with Crippen LogP contribution < -0.4 is 10.6 Å². The number of rotatable bonds is 1. The molecule has 0 saturated carbocycles. The fraction of sp³-hybridized carbons (Fsp3) is 0.417. The first kappa shape index (κ1) is 12.2. The summed E-state index contributed by atoms with van der Waals surface area (Å²) in [5.41, 5.74) is 0.730. The lowest BCUT2D eigenvalue weighted by Gasteiger charge is -2.33. The van der Waals surface area contributed by atoms with Crippen molar-refractivity contribution < 1.29 is 4.79 Å². The highest BCUT2D eigenvalue weighted by molar-refractivity contribution is 6.30. The Morgan fingerprint density at radius 3 is 3.12 bits per heavy atom. The number of carbonyl (C=O) groups is 1.